The lowest BCUT2D eigenvalue weighted by atomic mass is 10.2. The van der Waals surface area contributed by atoms with E-state index in [1.54, 1.807) is 29.0 Å². The van der Waals surface area contributed by atoms with Gasteiger partial charge in [0.1, 0.15) is 12.4 Å². The average Bonchev–Trinajstić information content (AvgIpc) is 2.89. The number of nitrogens with zero attached hydrogens (tertiary/aromatic N) is 3. The molecule has 0 fully saturated rings. The summed E-state index contributed by atoms with van der Waals surface area (Å²) in [6.07, 6.45) is 1.70. The number of methoxy groups -OCH3 is 1. The standard InChI is InChI=1S/C15H20N4O2/c1-21-10-9-18(11-13-5-3-2-4-6-13)15(20)12-19-8-7-14(16)17-19/h2-8H,9-12H2,1H3,(H2,16,17). The number of amides is 1. The van der Waals surface area contributed by atoms with Crippen LogP contribution in [0.4, 0.5) is 5.82 Å². The molecular weight excluding hydrogens is 268 g/mol. The molecule has 0 atom stereocenters. The summed E-state index contributed by atoms with van der Waals surface area (Å²) in [6.45, 7) is 1.77. The number of hydrogen-bond acceptors (Lipinski definition) is 4. The molecule has 0 saturated heterocycles. The van der Waals surface area contributed by atoms with Gasteiger partial charge in [-0.05, 0) is 11.6 Å². The van der Waals surface area contributed by atoms with Crippen LogP contribution in [0.15, 0.2) is 42.6 Å². The van der Waals surface area contributed by atoms with E-state index in [1.807, 2.05) is 30.3 Å². The van der Waals surface area contributed by atoms with Crippen LogP contribution in [0.5, 0.6) is 0 Å². The van der Waals surface area contributed by atoms with Crippen molar-refractivity contribution in [1.82, 2.24) is 14.7 Å². The van der Waals surface area contributed by atoms with Gasteiger partial charge in [-0.3, -0.25) is 9.48 Å². The molecule has 0 aliphatic rings. The molecule has 0 aliphatic carbocycles. The van der Waals surface area contributed by atoms with Crippen LogP contribution < -0.4 is 5.73 Å². The molecule has 2 aromatic rings. The quantitative estimate of drug-likeness (QED) is 0.829. The number of nitrogens with two attached hydrogens (primary N) is 1. The fourth-order valence-corrected chi connectivity index (χ4v) is 2.00. The van der Waals surface area contributed by atoms with E-state index in [1.165, 1.54) is 0 Å². The van der Waals surface area contributed by atoms with Crippen LogP contribution >= 0.6 is 0 Å². The van der Waals surface area contributed by atoms with Gasteiger partial charge in [0.05, 0.1) is 6.61 Å². The lowest BCUT2D eigenvalue weighted by Gasteiger charge is -2.22. The number of benzene rings is 1. The molecule has 2 rings (SSSR count). The van der Waals surface area contributed by atoms with Gasteiger partial charge in [0.15, 0.2) is 0 Å². The minimum atomic E-state index is -0.0148. The number of rotatable bonds is 7. The average molecular weight is 288 g/mol. The molecule has 0 saturated carbocycles. The Balaban J connectivity index is 2.02. The number of ether oxygens (including phenoxy) is 1. The summed E-state index contributed by atoms with van der Waals surface area (Å²) in [5.74, 6) is 0.397. The smallest absolute Gasteiger partial charge is 0.244 e. The van der Waals surface area contributed by atoms with Crippen molar-refractivity contribution >= 4 is 11.7 Å². The highest BCUT2D eigenvalue weighted by Gasteiger charge is 2.14. The SMILES string of the molecule is COCCN(Cc1ccccc1)C(=O)Cn1ccc(N)n1. The second kappa shape index (κ2) is 7.44. The first-order valence-electron chi connectivity index (χ1n) is 6.78. The van der Waals surface area contributed by atoms with E-state index in [0.29, 0.717) is 25.5 Å². The van der Waals surface area contributed by atoms with Crippen LogP contribution in [0.25, 0.3) is 0 Å². The monoisotopic (exact) mass is 288 g/mol. The maximum absolute atomic E-state index is 12.4. The van der Waals surface area contributed by atoms with Crippen LogP contribution in [0.3, 0.4) is 0 Å². The Bertz CT molecular complexity index is 568. The molecule has 0 aliphatic heterocycles. The Kier molecular flexibility index (Phi) is 5.34. The molecule has 0 spiro atoms. The minimum Gasteiger partial charge on any atom is -0.383 e. The van der Waals surface area contributed by atoms with Crippen molar-refractivity contribution in [3.8, 4) is 0 Å². The molecule has 0 radical (unpaired) electrons. The molecule has 0 unspecified atom stereocenters. The van der Waals surface area contributed by atoms with Gasteiger partial charge >= 0.3 is 0 Å². The zero-order chi connectivity index (χ0) is 15.1. The maximum atomic E-state index is 12.4. The lowest BCUT2D eigenvalue weighted by molar-refractivity contribution is -0.133. The predicted octanol–water partition coefficient (Wildman–Crippen LogP) is 1.14. The zero-order valence-electron chi connectivity index (χ0n) is 12.1. The van der Waals surface area contributed by atoms with Crippen molar-refractivity contribution in [2.45, 2.75) is 13.1 Å². The molecule has 0 bridgehead atoms. The van der Waals surface area contributed by atoms with Gasteiger partial charge in [-0.1, -0.05) is 30.3 Å². The summed E-state index contributed by atoms with van der Waals surface area (Å²) >= 11 is 0. The summed E-state index contributed by atoms with van der Waals surface area (Å²) in [6, 6.07) is 11.5. The van der Waals surface area contributed by atoms with E-state index in [2.05, 4.69) is 5.10 Å². The van der Waals surface area contributed by atoms with Gasteiger partial charge in [-0.2, -0.15) is 5.10 Å². The molecule has 21 heavy (non-hydrogen) atoms. The summed E-state index contributed by atoms with van der Waals surface area (Å²) in [5, 5.41) is 4.04. The van der Waals surface area contributed by atoms with E-state index in [0.717, 1.165) is 5.56 Å². The van der Waals surface area contributed by atoms with E-state index in [-0.39, 0.29) is 12.5 Å². The van der Waals surface area contributed by atoms with E-state index >= 15 is 0 Å². The van der Waals surface area contributed by atoms with Gasteiger partial charge in [-0.15, -0.1) is 0 Å². The Morgan fingerprint density at radius 3 is 2.71 bits per heavy atom. The van der Waals surface area contributed by atoms with Crippen LogP contribution in [-0.4, -0.2) is 40.8 Å². The number of aromatic nitrogens is 2. The third-order valence-electron chi connectivity index (χ3n) is 3.09. The maximum Gasteiger partial charge on any atom is 0.244 e. The first-order valence-corrected chi connectivity index (χ1v) is 6.78. The number of carbonyl (C=O) groups excluding carboxylic acids is 1. The van der Waals surface area contributed by atoms with Crippen molar-refractivity contribution in [2.75, 3.05) is 26.0 Å². The second-order valence-corrected chi connectivity index (χ2v) is 4.73. The van der Waals surface area contributed by atoms with Crippen molar-refractivity contribution < 1.29 is 9.53 Å². The van der Waals surface area contributed by atoms with Crippen molar-refractivity contribution in [1.29, 1.82) is 0 Å². The van der Waals surface area contributed by atoms with Crippen molar-refractivity contribution in [3.05, 3.63) is 48.2 Å². The highest BCUT2D eigenvalue weighted by atomic mass is 16.5. The predicted molar refractivity (Wildman–Crippen MR) is 80.4 cm³/mol. The zero-order valence-corrected chi connectivity index (χ0v) is 12.1. The van der Waals surface area contributed by atoms with E-state index in [4.69, 9.17) is 10.5 Å². The molecule has 6 nitrogen and oxygen atoms in total. The number of anilines is 1. The normalized spacial score (nSPS) is 10.5. The lowest BCUT2D eigenvalue weighted by Crippen LogP contribution is -2.36. The van der Waals surface area contributed by atoms with Gasteiger partial charge in [0.2, 0.25) is 5.91 Å². The minimum absolute atomic E-state index is 0.0148. The Morgan fingerprint density at radius 2 is 2.10 bits per heavy atom. The first kappa shape index (κ1) is 15.1. The van der Waals surface area contributed by atoms with E-state index < -0.39 is 0 Å². The summed E-state index contributed by atoms with van der Waals surface area (Å²) < 4.78 is 6.62. The van der Waals surface area contributed by atoms with Crippen LogP contribution in [0, 0.1) is 0 Å². The van der Waals surface area contributed by atoms with Gasteiger partial charge in [0.25, 0.3) is 0 Å². The highest BCUT2D eigenvalue weighted by Crippen LogP contribution is 2.06. The molecule has 112 valence electrons. The third-order valence-corrected chi connectivity index (χ3v) is 3.09. The third kappa shape index (κ3) is 4.61. The molecule has 1 aromatic heterocycles. The molecule has 1 amide bonds. The number of carbonyl (C=O) groups is 1. The van der Waals surface area contributed by atoms with Crippen LogP contribution in [0.1, 0.15) is 5.56 Å². The van der Waals surface area contributed by atoms with Gasteiger partial charge in [-0.25, -0.2) is 0 Å². The largest absolute Gasteiger partial charge is 0.383 e. The van der Waals surface area contributed by atoms with Crippen LogP contribution in [0.2, 0.25) is 0 Å². The summed E-state index contributed by atoms with van der Waals surface area (Å²) in [7, 11) is 1.62. The molecule has 1 aromatic carbocycles. The van der Waals surface area contributed by atoms with Crippen molar-refractivity contribution in [2.24, 2.45) is 0 Å². The summed E-state index contributed by atoms with van der Waals surface area (Å²) in [4.78, 5) is 14.2. The number of hydrogen-bond donors (Lipinski definition) is 1. The van der Waals surface area contributed by atoms with E-state index in [9.17, 15) is 4.79 Å². The number of nitrogen functional groups attached to an aromatic ring is 1. The Morgan fingerprint density at radius 1 is 1.33 bits per heavy atom. The molecule has 1 heterocycles. The van der Waals surface area contributed by atoms with Gasteiger partial charge in [0, 0.05) is 26.4 Å². The van der Waals surface area contributed by atoms with Crippen LogP contribution in [-0.2, 0) is 22.6 Å². The van der Waals surface area contributed by atoms with Gasteiger partial charge < -0.3 is 15.4 Å². The fourth-order valence-electron chi connectivity index (χ4n) is 2.00. The first-order chi connectivity index (χ1) is 10.2. The fraction of sp³-hybridized carbons (Fsp3) is 0.333. The second-order valence-electron chi connectivity index (χ2n) is 4.73. The van der Waals surface area contributed by atoms with Crippen molar-refractivity contribution in [3.63, 3.8) is 0 Å². The Hall–Kier alpha value is -2.34. The topological polar surface area (TPSA) is 73.4 Å². The molecular formula is C15H20N4O2. The Labute approximate surface area is 124 Å². The molecule has 6 heteroatoms. The highest BCUT2D eigenvalue weighted by molar-refractivity contribution is 5.76. The summed E-state index contributed by atoms with van der Waals surface area (Å²) in [5.41, 5.74) is 6.64. The molecule has 2 N–H and O–H groups in total.